The van der Waals surface area contributed by atoms with Crippen molar-refractivity contribution in [3.8, 4) is 0 Å². The van der Waals surface area contributed by atoms with Gasteiger partial charge in [-0.3, -0.25) is 0 Å². The van der Waals surface area contributed by atoms with Gasteiger partial charge < -0.3 is 10.5 Å². The first-order chi connectivity index (χ1) is 8.70. The summed E-state index contributed by atoms with van der Waals surface area (Å²) in [6, 6.07) is 2.75. The fraction of sp³-hybridized carbons (Fsp3) is 0.538. The van der Waals surface area contributed by atoms with Gasteiger partial charge in [-0.1, -0.05) is 12.1 Å². The lowest BCUT2D eigenvalue weighted by atomic mass is 9.99. The van der Waals surface area contributed by atoms with Crippen LogP contribution in [-0.2, 0) is 4.74 Å². The van der Waals surface area contributed by atoms with Crippen LogP contribution in [0.1, 0.15) is 29.2 Å². The number of nitrogens with two attached hydrogens (primary N) is 1. The molecule has 0 saturated carbocycles. The van der Waals surface area contributed by atoms with Gasteiger partial charge in [0.15, 0.2) is 0 Å². The largest absolute Gasteiger partial charge is 0.411 e. The Bertz CT molecular complexity index is 408. The minimum Gasteiger partial charge on any atom is -0.372 e. The normalized spacial score (nSPS) is 13.6. The maximum Gasteiger partial charge on any atom is 0.411 e. The van der Waals surface area contributed by atoms with E-state index in [-0.39, 0.29) is 18.8 Å². The van der Waals surface area contributed by atoms with E-state index in [4.69, 9.17) is 5.73 Å². The monoisotopic (exact) mass is 279 g/mol. The molecule has 0 fully saturated rings. The Kier molecular flexibility index (Phi) is 5.31. The fourth-order valence-electron chi connectivity index (χ4n) is 1.76. The van der Waals surface area contributed by atoms with Crippen LogP contribution in [0.25, 0.3) is 0 Å². The summed E-state index contributed by atoms with van der Waals surface area (Å²) in [6.45, 7) is 1.88. The van der Waals surface area contributed by atoms with Gasteiger partial charge in [0.2, 0.25) is 0 Å². The molecule has 0 aliphatic rings. The van der Waals surface area contributed by atoms with E-state index in [1.54, 1.807) is 26.0 Å². The summed E-state index contributed by atoms with van der Waals surface area (Å²) in [7, 11) is 0. The molecule has 0 spiro atoms. The zero-order valence-corrected chi connectivity index (χ0v) is 10.9. The van der Waals surface area contributed by atoms with Crippen molar-refractivity contribution in [1.82, 2.24) is 0 Å². The van der Waals surface area contributed by atoms with Crippen LogP contribution < -0.4 is 5.73 Å². The SMILES string of the molecule is Cc1cc(C(N)CCOCC(F)(F)F)cc(C)c1F. The Morgan fingerprint density at radius 1 is 1.21 bits per heavy atom. The molecule has 0 aliphatic carbocycles. The van der Waals surface area contributed by atoms with Crippen LogP contribution in [0.5, 0.6) is 0 Å². The van der Waals surface area contributed by atoms with E-state index in [0.29, 0.717) is 16.7 Å². The molecule has 108 valence electrons. The molecule has 0 heterocycles. The summed E-state index contributed by atoms with van der Waals surface area (Å²) >= 11 is 0. The first-order valence-electron chi connectivity index (χ1n) is 5.87. The van der Waals surface area contributed by atoms with Gasteiger partial charge in [-0.25, -0.2) is 4.39 Å². The van der Waals surface area contributed by atoms with Gasteiger partial charge in [-0.05, 0) is 37.0 Å². The highest BCUT2D eigenvalue weighted by molar-refractivity contribution is 5.32. The Hall–Kier alpha value is -1.14. The number of hydrogen-bond acceptors (Lipinski definition) is 2. The molecule has 1 aromatic rings. The molecule has 0 radical (unpaired) electrons. The van der Waals surface area contributed by atoms with Gasteiger partial charge in [0.25, 0.3) is 0 Å². The second-order valence-corrected chi connectivity index (χ2v) is 4.53. The number of alkyl halides is 3. The van der Waals surface area contributed by atoms with Crippen molar-refractivity contribution in [2.75, 3.05) is 13.2 Å². The van der Waals surface area contributed by atoms with Crippen LogP contribution in [0.4, 0.5) is 17.6 Å². The van der Waals surface area contributed by atoms with Crippen LogP contribution in [0.3, 0.4) is 0 Å². The predicted molar refractivity (Wildman–Crippen MR) is 64.3 cm³/mol. The molecule has 19 heavy (non-hydrogen) atoms. The summed E-state index contributed by atoms with van der Waals surface area (Å²) in [4.78, 5) is 0. The lowest BCUT2D eigenvalue weighted by Gasteiger charge is -2.15. The van der Waals surface area contributed by atoms with Crippen molar-refractivity contribution in [2.24, 2.45) is 5.73 Å². The van der Waals surface area contributed by atoms with E-state index in [1.165, 1.54) is 0 Å². The molecule has 0 aliphatic heterocycles. The van der Waals surface area contributed by atoms with E-state index in [1.807, 2.05) is 0 Å². The second kappa shape index (κ2) is 6.34. The van der Waals surface area contributed by atoms with Gasteiger partial charge in [-0.15, -0.1) is 0 Å². The van der Waals surface area contributed by atoms with E-state index >= 15 is 0 Å². The maximum absolute atomic E-state index is 13.4. The molecule has 2 nitrogen and oxygen atoms in total. The summed E-state index contributed by atoms with van der Waals surface area (Å²) in [5.41, 5.74) is 7.50. The molecule has 1 unspecified atom stereocenters. The van der Waals surface area contributed by atoms with Crippen LogP contribution in [-0.4, -0.2) is 19.4 Å². The standard InChI is InChI=1S/C13H17F4NO/c1-8-5-10(6-9(2)12(8)14)11(18)3-4-19-7-13(15,16)17/h5-6,11H,3-4,7,18H2,1-2H3. The second-order valence-electron chi connectivity index (χ2n) is 4.53. The molecule has 0 amide bonds. The van der Waals surface area contributed by atoms with E-state index in [0.717, 1.165) is 0 Å². The maximum atomic E-state index is 13.4. The first-order valence-corrected chi connectivity index (χ1v) is 5.87. The van der Waals surface area contributed by atoms with Crippen LogP contribution >= 0.6 is 0 Å². The van der Waals surface area contributed by atoms with Gasteiger partial charge in [-0.2, -0.15) is 13.2 Å². The number of benzene rings is 1. The minimum absolute atomic E-state index is 0.0872. The molecule has 0 saturated heterocycles. The molecule has 6 heteroatoms. The van der Waals surface area contributed by atoms with Crippen molar-refractivity contribution < 1.29 is 22.3 Å². The van der Waals surface area contributed by atoms with Crippen molar-refractivity contribution >= 4 is 0 Å². The highest BCUT2D eigenvalue weighted by Gasteiger charge is 2.27. The zero-order valence-electron chi connectivity index (χ0n) is 10.9. The lowest BCUT2D eigenvalue weighted by molar-refractivity contribution is -0.174. The highest BCUT2D eigenvalue weighted by atomic mass is 19.4. The van der Waals surface area contributed by atoms with Crippen LogP contribution in [0.15, 0.2) is 12.1 Å². The number of aryl methyl sites for hydroxylation is 2. The average Bonchev–Trinajstić information content (AvgIpc) is 2.29. The predicted octanol–water partition coefficient (Wildman–Crippen LogP) is 3.41. The van der Waals surface area contributed by atoms with E-state index in [9.17, 15) is 17.6 Å². The molecular formula is C13H17F4NO. The van der Waals surface area contributed by atoms with Gasteiger partial charge in [0.1, 0.15) is 12.4 Å². The quantitative estimate of drug-likeness (QED) is 0.662. The molecule has 0 aromatic heterocycles. The van der Waals surface area contributed by atoms with Crippen molar-refractivity contribution in [3.05, 3.63) is 34.6 Å². The third-order valence-electron chi connectivity index (χ3n) is 2.73. The van der Waals surface area contributed by atoms with Crippen molar-refractivity contribution in [2.45, 2.75) is 32.5 Å². The van der Waals surface area contributed by atoms with Crippen molar-refractivity contribution in [3.63, 3.8) is 0 Å². The summed E-state index contributed by atoms with van der Waals surface area (Å²) in [6.07, 6.45) is -4.08. The Labute approximate surface area is 109 Å². The minimum atomic E-state index is -4.33. The van der Waals surface area contributed by atoms with Crippen LogP contribution in [0.2, 0.25) is 0 Å². The van der Waals surface area contributed by atoms with Gasteiger partial charge >= 0.3 is 6.18 Å². The molecule has 1 aromatic carbocycles. The van der Waals surface area contributed by atoms with E-state index in [2.05, 4.69) is 4.74 Å². The van der Waals surface area contributed by atoms with Crippen LogP contribution in [0, 0.1) is 19.7 Å². The number of hydrogen-bond donors (Lipinski definition) is 1. The molecule has 1 atom stereocenters. The topological polar surface area (TPSA) is 35.2 Å². The number of rotatable bonds is 5. The van der Waals surface area contributed by atoms with Crippen molar-refractivity contribution in [1.29, 1.82) is 0 Å². The van der Waals surface area contributed by atoms with Gasteiger partial charge in [0, 0.05) is 12.6 Å². The first kappa shape index (κ1) is 15.9. The molecule has 0 bridgehead atoms. The third-order valence-corrected chi connectivity index (χ3v) is 2.73. The fourth-order valence-corrected chi connectivity index (χ4v) is 1.76. The summed E-state index contributed by atoms with van der Waals surface area (Å²) < 4.78 is 53.5. The lowest BCUT2D eigenvalue weighted by Crippen LogP contribution is -2.20. The molecule has 2 N–H and O–H groups in total. The Balaban J connectivity index is 2.52. The summed E-state index contributed by atoms with van der Waals surface area (Å²) in [5, 5.41) is 0. The Morgan fingerprint density at radius 2 is 1.74 bits per heavy atom. The Morgan fingerprint density at radius 3 is 2.21 bits per heavy atom. The summed E-state index contributed by atoms with van der Waals surface area (Å²) in [5.74, 6) is -0.288. The highest BCUT2D eigenvalue weighted by Crippen LogP contribution is 2.21. The number of halogens is 4. The zero-order chi connectivity index (χ0) is 14.6. The number of ether oxygens (including phenoxy) is 1. The smallest absolute Gasteiger partial charge is 0.372 e. The third kappa shape index (κ3) is 5.16. The van der Waals surface area contributed by atoms with E-state index < -0.39 is 18.8 Å². The molecular weight excluding hydrogens is 262 g/mol. The molecule has 1 rings (SSSR count). The van der Waals surface area contributed by atoms with Gasteiger partial charge in [0.05, 0.1) is 0 Å². The average molecular weight is 279 g/mol.